The molecule has 0 N–H and O–H groups in total. The standard InChI is InChI=1S/C22H24N2O/c1-13(2)17-7-6-8-18-15(4)20-14(3)11-16(25-5)12-19(20)22-23-9-10-24(22)21(17)18/h6-13,15H,1-5H3. The predicted octanol–water partition coefficient (Wildman–Crippen LogP) is 5.44. The maximum Gasteiger partial charge on any atom is 0.144 e. The van der Waals surface area contributed by atoms with Crippen LogP contribution in [0, 0.1) is 6.92 Å². The molecule has 0 spiro atoms. The summed E-state index contributed by atoms with van der Waals surface area (Å²) in [7, 11) is 1.72. The van der Waals surface area contributed by atoms with E-state index in [4.69, 9.17) is 9.72 Å². The molecule has 4 rings (SSSR count). The molecule has 1 aliphatic rings. The minimum atomic E-state index is 0.302. The molecule has 0 aliphatic carbocycles. The van der Waals surface area contributed by atoms with Crippen LogP contribution in [0.3, 0.4) is 0 Å². The fourth-order valence-electron chi connectivity index (χ4n) is 4.15. The van der Waals surface area contributed by atoms with E-state index in [1.165, 1.54) is 33.5 Å². The lowest BCUT2D eigenvalue weighted by molar-refractivity contribution is 0.414. The van der Waals surface area contributed by atoms with E-state index in [0.717, 1.165) is 11.6 Å². The molecule has 1 aromatic heterocycles. The smallest absolute Gasteiger partial charge is 0.144 e. The van der Waals surface area contributed by atoms with Gasteiger partial charge in [0.1, 0.15) is 11.6 Å². The topological polar surface area (TPSA) is 27.1 Å². The lowest BCUT2D eigenvalue weighted by Crippen LogP contribution is -2.06. The molecule has 0 radical (unpaired) electrons. The van der Waals surface area contributed by atoms with Crippen LogP contribution in [0.15, 0.2) is 42.7 Å². The van der Waals surface area contributed by atoms with Crippen molar-refractivity contribution >= 4 is 0 Å². The SMILES string of the molecule is COc1cc(C)c2c(c1)-c1nccn1-c1c(C(C)C)cccc1C2C. The summed E-state index contributed by atoms with van der Waals surface area (Å²) < 4.78 is 7.79. The number of aromatic nitrogens is 2. The lowest BCUT2D eigenvalue weighted by Gasteiger charge is -2.21. The van der Waals surface area contributed by atoms with Gasteiger partial charge in [-0.05, 0) is 47.2 Å². The fraction of sp³-hybridized carbons (Fsp3) is 0.318. The Hall–Kier alpha value is -2.55. The molecular formula is C22H24N2O. The van der Waals surface area contributed by atoms with Crippen molar-refractivity contribution in [2.45, 2.75) is 39.5 Å². The molecule has 1 unspecified atom stereocenters. The van der Waals surface area contributed by atoms with Gasteiger partial charge in [0.2, 0.25) is 0 Å². The molecule has 25 heavy (non-hydrogen) atoms. The number of aryl methyl sites for hydroxylation is 1. The van der Waals surface area contributed by atoms with Crippen LogP contribution in [0.5, 0.6) is 5.75 Å². The van der Waals surface area contributed by atoms with Crippen molar-refractivity contribution in [1.82, 2.24) is 9.55 Å². The number of fused-ring (bicyclic) bond motifs is 5. The summed E-state index contributed by atoms with van der Waals surface area (Å²) in [6.45, 7) is 8.97. The molecule has 1 atom stereocenters. The first-order valence-electron chi connectivity index (χ1n) is 8.88. The monoisotopic (exact) mass is 332 g/mol. The van der Waals surface area contributed by atoms with Crippen LogP contribution in [0.1, 0.15) is 54.9 Å². The zero-order valence-corrected chi connectivity index (χ0v) is 15.5. The Morgan fingerprint density at radius 2 is 2.00 bits per heavy atom. The Kier molecular flexibility index (Phi) is 3.68. The van der Waals surface area contributed by atoms with Crippen molar-refractivity contribution in [2.75, 3.05) is 7.11 Å². The number of imidazole rings is 1. The van der Waals surface area contributed by atoms with Crippen LogP contribution in [-0.4, -0.2) is 16.7 Å². The largest absolute Gasteiger partial charge is 0.497 e. The molecule has 0 fully saturated rings. The minimum absolute atomic E-state index is 0.302. The zero-order valence-electron chi connectivity index (χ0n) is 15.5. The fourth-order valence-corrected chi connectivity index (χ4v) is 4.15. The number of hydrogen-bond donors (Lipinski definition) is 0. The summed E-state index contributed by atoms with van der Waals surface area (Å²) in [6.07, 6.45) is 3.97. The number of methoxy groups -OCH3 is 1. The van der Waals surface area contributed by atoms with E-state index in [1.807, 2.05) is 6.20 Å². The minimum Gasteiger partial charge on any atom is -0.497 e. The van der Waals surface area contributed by atoms with Gasteiger partial charge in [0, 0.05) is 23.9 Å². The molecule has 3 aromatic rings. The molecule has 0 saturated carbocycles. The molecule has 3 heteroatoms. The van der Waals surface area contributed by atoms with E-state index in [0.29, 0.717) is 11.8 Å². The van der Waals surface area contributed by atoms with Crippen LogP contribution in [0.4, 0.5) is 0 Å². The van der Waals surface area contributed by atoms with Crippen molar-refractivity contribution in [3.63, 3.8) is 0 Å². The van der Waals surface area contributed by atoms with Crippen molar-refractivity contribution < 1.29 is 4.74 Å². The quantitative estimate of drug-likeness (QED) is 0.624. The average Bonchev–Trinajstić information content (AvgIpc) is 3.05. The Balaban J connectivity index is 2.13. The first-order chi connectivity index (χ1) is 12.0. The van der Waals surface area contributed by atoms with E-state index >= 15 is 0 Å². The van der Waals surface area contributed by atoms with E-state index < -0.39 is 0 Å². The average molecular weight is 332 g/mol. The Morgan fingerprint density at radius 3 is 2.72 bits per heavy atom. The van der Waals surface area contributed by atoms with Gasteiger partial charge in [-0.25, -0.2) is 4.98 Å². The third kappa shape index (κ3) is 2.30. The third-order valence-corrected chi connectivity index (χ3v) is 5.34. The molecule has 2 heterocycles. The van der Waals surface area contributed by atoms with Crippen LogP contribution >= 0.6 is 0 Å². The Labute approximate surface area is 149 Å². The van der Waals surface area contributed by atoms with Gasteiger partial charge in [-0.15, -0.1) is 0 Å². The number of benzene rings is 2. The second-order valence-electron chi connectivity index (χ2n) is 7.19. The summed E-state index contributed by atoms with van der Waals surface area (Å²) in [5.74, 6) is 2.63. The highest BCUT2D eigenvalue weighted by Crippen LogP contribution is 2.44. The van der Waals surface area contributed by atoms with Gasteiger partial charge in [0.05, 0.1) is 12.8 Å². The van der Waals surface area contributed by atoms with Gasteiger partial charge < -0.3 is 4.74 Å². The van der Waals surface area contributed by atoms with Crippen LogP contribution < -0.4 is 4.74 Å². The van der Waals surface area contributed by atoms with Crippen LogP contribution in [0.2, 0.25) is 0 Å². The normalized spacial score (nSPS) is 15.4. The maximum absolute atomic E-state index is 5.53. The summed E-state index contributed by atoms with van der Waals surface area (Å²) in [6, 6.07) is 10.9. The zero-order chi connectivity index (χ0) is 17.7. The molecule has 2 aromatic carbocycles. The molecule has 128 valence electrons. The van der Waals surface area contributed by atoms with Crippen molar-refractivity contribution in [1.29, 1.82) is 0 Å². The van der Waals surface area contributed by atoms with Crippen molar-refractivity contribution in [2.24, 2.45) is 0 Å². The van der Waals surface area contributed by atoms with Crippen LogP contribution in [-0.2, 0) is 0 Å². The molecular weight excluding hydrogens is 308 g/mol. The lowest BCUT2D eigenvalue weighted by atomic mass is 9.85. The highest BCUT2D eigenvalue weighted by atomic mass is 16.5. The molecule has 0 bridgehead atoms. The molecule has 3 nitrogen and oxygen atoms in total. The number of ether oxygens (including phenoxy) is 1. The first kappa shape index (κ1) is 15.9. The van der Waals surface area contributed by atoms with Gasteiger partial charge >= 0.3 is 0 Å². The molecule has 0 amide bonds. The summed E-state index contributed by atoms with van der Waals surface area (Å²) in [5, 5.41) is 0. The highest BCUT2D eigenvalue weighted by molar-refractivity contribution is 5.73. The number of hydrogen-bond acceptors (Lipinski definition) is 2. The second kappa shape index (κ2) is 5.76. The predicted molar refractivity (Wildman–Crippen MR) is 102 cm³/mol. The van der Waals surface area contributed by atoms with Gasteiger partial charge in [-0.1, -0.05) is 39.0 Å². The van der Waals surface area contributed by atoms with E-state index in [9.17, 15) is 0 Å². The van der Waals surface area contributed by atoms with Crippen LogP contribution in [0.25, 0.3) is 17.1 Å². The van der Waals surface area contributed by atoms with Crippen molar-refractivity contribution in [3.05, 3.63) is 65.0 Å². The van der Waals surface area contributed by atoms with E-state index in [2.05, 4.69) is 68.8 Å². The van der Waals surface area contributed by atoms with E-state index in [-0.39, 0.29) is 0 Å². The second-order valence-corrected chi connectivity index (χ2v) is 7.19. The Morgan fingerprint density at radius 1 is 1.20 bits per heavy atom. The highest BCUT2D eigenvalue weighted by Gasteiger charge is 2.28. The number of para-hydroxylation sites is 1. The van der Waals surface area contributed by atoms with Gasteiger partial charge in [-0.3, -0.25) is 4.57 Å². The number of nitrogens with zero attached hydrogens (tertiary/aromatic N) is 2. The molecule has 1 aliphatic heterocycles. The third-order valence-electron chi connectivity index (χ3n) is 5.34. The summed E-state index contributed by atoms with van der Waals surface area (Å²) in [4.78, 5) is 4.72. The van der Waals surface area contributed by atoms with Gasteiger partial charge in [-0.2, -0.15) is 0 Å². The van der Waals surface area contributed by atoms with E-state index in [1.54, 1.807) is 7.11 Å². The Bertz CT molecular complexity index is 953. The van der Waals surface area contributed by atoms with Crippen molar-refractivity contribution in [3.8, 4) is 22.8 Å². The van der Waals surface area contributed by atoms with Gasteiger partial charge in [0.25, 0.3) is 0 Å². The molecule has 0 saturated heterocycles. The number of rotatable bonds is 2. The first-order valence-corrected chi connectivity index (χ1v) is 8.88. The maximum atomic E-state index is 5.53. The summed E-state index contributed by atoms with van der Waals surface area (Å²) in [5.41, 5.74) is 7.76. The summed E-state index contributed by atoms with van der Waals surface area (Å²) >= 11 is 0. The van der Waals surface area contributed by atoms with Gasteiger partial charge in [0.15, 0.2) is 0 Å².